The van der Waals surface area contributed by atoms with Crippen LogP contribution in [0.1, 0.15) is 33.1 Å². The molecule has 0 amide bonds. The van der Waals surface area contributed by atoms with E-state index in [0.717, 1.165) is 32.4 Å². The molecular formula is C10H22N2O2S. The van der Waals surface area contributed by atoms with Crippen LogP contribution in [-0.4, -0.2) is 33.3 Å². The van der Waals surface area contributed by atoms with E-state index in [0.29, 0.717) is 0 Å². The maximum absolute atomic E-state index is 11.8. The first-order chi connectivity index (χ1) is 7.07. The van der Waals surface area contributed by atoms with Crippen molar-refractivity contribution < 1.29 is 8.42 Å². The Bertz CT molecular complexity index is 257. The first-order valence-electron chi connectivity index (χ1n) is 5.78. The Balaban J connectivity index is 2.43. The Hall–Kier alpha value is -0.130. The van der Waals surface area contributed by atoms with Crippen molar-refractivity contribution >= 4 is 10.0 Å². The molecule has 1 heterocycles. The Morgan fingerprint density at radius 1 is 1.40 bits per heavy atom. The minimum absolute atomic E-state index is 0.101. The van der Waals surface area contributed by atoms with Gasteiger partial charge in [0.25, 0.3) is 0 Å². The second-order valence-corrected chi connectivity index (χ2v) is 6.07. The third-order valence-corrected chi connectivity index (χ3v) is 4.62. The van der Waals surface area contributed by atoms with E-state index in [1.165, 1.54) is 0 Å². The standard InChI is InChI=1S/C10H22N2O2S/c1-3-9(4-2)8-15(13,14)12-10-5-6-11-7-10/h9-12H,3-8H2,1-2H3. The summed E-state index contributed by atoms with van der Waals surface area (Å²) in [4.78, 5) is 0. The molecule has 1 saturated heterocycles. The highest BCUT2D eigenvalue weighted by molar-refractivity contribution is 7.89. The monoisotopic (exact) mass is 234 g/mol. The molecule has 1 fully saturated rings. The van der Waals surface area contributed by atoms with Gasteiger partial charge in [-0.1, -0.05) is 26.7 Å². The van der Waals surface area contributed by atoms with Crippen LogP contribution in [0.3, 0.4) is 0 Å². The van der Waals surface area contributed by atoms with Gasteiger partial charge in [-0.25, -0.2) is 13.1 Å². The van der Waals surface area contributed by atoms with Crippen LogP contribution in [-0.2, 0) is 10.0 Å². The number of hydrogen-bond donors (Lipinski definition) is 2. The van der Waals surface area contributed by atoms with Crippen LogP contribution in [0.4, 0.5) is 0 Å². The van der Waals surface area contributed by atoms with E-state index in [4.69, 9.17) is 0 Å². The van der Waals surface area contributed by atoms with E-state index in [1.54, 1.807) is 0 Å². The highest BCUT2D eigenvalue weighted by Gasteiger charge is 2.22. The van der Waals surface area contributed by atoms with Gasteiger partial charge in [0.1, 0.15) is 0 Å². The van der Waals surface area contributed by atoms with Crippen molar-refractivity contribution in [2.45, 2.75) is 39.2 Å². The largest absolute Gasteiger partial charge is 0.315 e. The van der Waals surface area contributed by atoms with E-state index < -0.39 is 10.0 Å². The third kappa shape index (κ3) is 4.49. The van der Waals surface area contributed by atoms with Crippen LogP contribution in [0, 0.1) is 5.92 Å². The fourth-order valence-corrected chi connectivity index (χ4v) is 3.79. The molecule has 0 aromatic carbocycles. The highest BCUT2D eigenvalue weighted by atomic mass is 32.2. The second-order valence-electron chi connectivity index (χ2n) is 4.27. The summed E-state index contributed by atoms with van der Waals surface area (Å²) >= 11 is 0. The molecule has 90 valence electrons. The van der Waals surface area contributed by atoms with E-state index in [2.05, 4.69) is 10.0 Å². The molecule has 0 aliphatic carbocycles. The van der Waals surface area contributed by atoms with Gasteiger partial charge in [0.15, 0.2) is 0 Å². The van der Waals surface area contributed by atoms with E-state index in [-0.39, 0.29) is 17.7 Å². The molecule has 0 spiro atoms. The Morgan fingerprint density at radius 3 is 2.53 bits per heavy atom. The van der Waals surface area contributed by atoms with Gasteiger partial charge in [-0.2, -0.15) is 0 Å². The lowest BCUT2D eigenvalue weighted by Gasteiger charge is -2.16. The van der Waals surface area contributed by atoms with Crippen LogP contribution < -0.4 is 10.0 Å². The van der Waals surface area contributed by atoms with Crippen molar-refractivity contribution in [3.63, 3.8) is 0 Å². The van der Waals surface area contributed by atoms with Crippen molar-refractivity contribution in [3.05, 3.63) is 0 Å². The zero-order chi connectivity index (χ0) is 11.3. The second kappa shape index (κ2) is 5.82. The fourth-order valence-electron chi connectivity index (χ4n) is 1.89. The zero-order valence-electron chi connectivity index (χ0n) is 9.62. The molecule has 1 aliphatic heterocycles. The average Bonchev–Trinajstić information content (AvgIpc) is 2.66. The maximum atomic E-state index is 11.8. The summed E-state index contributed by atoms with van der Waals surface area (Å²) in [6, 6.07) is 0.101. The molecule has 15 heavy (non-hydrogen) atoms. The maximum Gasteiger partial charge on any atom is 0.212 e. The van der Waals surface area contributed by atoms with Crippen molar-refractivity contribution in [1.29, 1.82) is 0 Å². The van der Waals surface area contributed by atoms with Crippen LogP contribution in [0.5, 0.6) is 0 Å². The van der Waals surface area contributed by atoms with E-state index >= 15 is 0 Å². The molecule has 1 aliphatic rings. The van der Waals surface area contributed by atoms with Crippen LogP contribution >= 0.6 is 0 Å². The number of hydrogen-bond acceptors (Lipinski definition) is 3. The topological polar surface area (TPSA) is 58.2 Å². The summed E-state index contributed by atoms with van der Waals surface area (Å²) in [6.45, 7) is 5.77. The normalized spacial score (nSPS) is 22.5. The lowest BCUT2D eigenvalue weighted by Crippen LogP contribution is -2.39. The molecule has 0 aromatic rings. The predicted molar refractivity (Wildman–Crippen MR) is 62.3 cm³/mol. The van der Waals surface area contributed by atoms with Gasteiger partial charge >= 0.3 is 0 Å². The van der Waals surface area contributed by atoms with E-state index in [1.807, 2.05) is 13.8 Å². The minimum atomic E-state index is -3.08. The van der Waals surface area contributed by atoms with E-state index in [9.17, 15) is 8.42 Å². The quantitative estimate of drug-likeness (QED) is 0.711. The van der Waals surface area contributed by atoms with Crippen molar-refractivity contribution in [2.75, 3.05) is 18.8 Å². The van der Waals surface area contributed by atoms with Gasteiger partial charge in [0.2, 0.25) is 10.0 Å². The first-order valence-corrected chi connectivity index (χ1v) is 7.43. The Labute approximate surface area is 92.9 Å². The molecule has 0 radical (unpaired) electrons. The Kier molecular flexibility index (Phi) is 5.02. The molecule has 1 rings (SSSR count). The lowest BCUT2D eigenvalue weighted by molar-refractivity contribution is 0.508. The van der Waals surface area contributed by atoms with Crippen molar-refractivity contribution in [3.8, 4) is 0 Å². The van der Waals surface area contributed by atoms with Crippen molar-refractivity contribution in [1.82, 2.24) is 10.0 Å². The summed E-state index contributed by atoms with van der Waals surface area (Å²) in [5.74, 6) is 0.563. The summed E-state index contributed by atoms with van der Waals surface area (Å²) in [6.07, 6.45) is 2.77. The van der Waals surface area contributed by atoms with Crippen LogP contribution in [0.25, 0.3) is 0 Å². The predicted octanol–water partition coefficient (Wildman–Crippen LogP) is 0.704. The number of rotatable bonds is 6. The first kappa shape index (κ1) is 12.9. The number of nitrogens with one attached hydrogen (secondary N) is 2. The van der Waals surface area contributed by atoms with Gasteiger partial charge in [0.05, 0.1) is 5.75 Å². The molecule has 1 atom stereocenters. The Morgan fingerprint density at radius 2 is 2.07 bits per heavy atom. The minimum Gasteiger partial charge on any atom is -0.315 e. The summed E-state index contributed by atoms with van der Waals surface area (Å²) in [7, 11) is -3.08. The van der Waals surface area contributed by atoms with Crippen molar-refractivity contribution in [2.24, 2.45) is 5.92 Å². The lowest BCUT2D eigenvalue weighted by atomic mass is 10.1. The zero-order valence-corrected chi connectivity index (χ0v) is 10.4. The smallest absolute Gasteiger partial charge is 0.212 e. The van der Waals surface area contributed by atoms with Gasteiger partial charge in [-0.05, 0) is 18.9 Å². The molecule has 0 saturated carbocycles. The summed E-state index contributed by atoms with van der Waals surface area (Å²) in [5.41, 5.74) is 0. The van der Waals surface area contributed by atoms with Gasteiger partial charge < -0.3 is 5.32 Å². The molecular weight excluding hydrogens is 212 g/mol. The average molecular weight is 234 g/mol. The summed E-state index contributed by atoms with van der Waals surface area (Å²) in [5, 5.41) is 3.15. The van der Waals surface area contributed by atoms with Crippen LogP contribution in [0.15, 0.2) is 0 Å². The molecule has 0 aromatic heterocycles. The molecule has 0 bridgehead atoms. The third-order valence-electron chi connectivity index (χ3n) is 3.02. The molecule has 4 nitrogen and oxygen atoms in total. The molecule has 1 unspecified atom stereocenters. The van der Waals surface area contributed by atoms with Crippen LogP contribution in [0.2, 0.25) is 0 Å². The van der Waals surface area contributed by atoms with Gasteiger partial charge in [0, 0.05) is 12.6 Å². The van der Waals surface area contributed by atoms with Gasteiger partial charge in [-0.3, -0.25) is 0 Å². The van der Waals surface area contributed by atoms with Gasteiger partial charge in [-0.15, -0.1) is 0 Å². The highest BCUT2D eigenvalue weighted by Crippen LogP contribution is 2.11. The fraction of sp³-hybridized carbons (Fsp3) is 1.00. The molecule has 5 heteroatoms. The molecule has 2 N–H and O–H groups in total. The summed E-state index contributed by atoms with van der Waals surface area (Å²) < 4.78 is 26.3. The SMILES string of the molecule is CCC(CC)CS(=O)(=O)NC1CCNC1. The number of sulfonamides is 1.